The highest BCUT2D eigenvalue weighted by Gasteiger charge is 2.37. The third-order valence-corrected chi connectivity index (χ3v) is 6.78. The van der Waals surface area contributed by atoms with Crippen LogP contribution in [0.4, 0.5) is 10.5 Å². The molecule has 2 heterocycles. The second kappa shape index (κ2) is 12.6. The van der Waals surface area contributed by atoms with Crippen LogP contribution >= 0.6 is 11.8 Å². The van der Waals surface area contributed by atoms with E-state index in [0.29, 0.717) is 55.7 Å². The normalized spacial score (nSPS) is 16.6. The Labute approximate surface area is 224 Å². The number of hydrogen-bond acceptors (Lipinski definition) is 8. The monoisotopic (exact) mass is 539 g/mol. The van der Waals surface area contributed by atoms with Gasteiger partial charge < -0.3 is 24.4 Å². The third-order valence-electron chi connectivity index (χ3n) is 5.87. The molecule has 2 aromatic carbocycles. The summed E-state index contributed by atoms with van der Waals surface area (Å²) < 4.78 is 16.6. The number of morpholine rings is 1. The van der Waals surface area contributed by atoms with Crippen LogP contribution in [-0.4, -0.2) is 78.8 Å². The molecule has 0 atom stereocenters. The fourth-order valence-electron chi connectivity index (χ4n) is 3.88. The van der Waals surface area contributed by atoms with Crippen LogP contribution in [-0.2, 0) is 19.1 Å². The largest absolute Gasteiger partial charge is 0.490 e. The maximum atomic E-state index is 12.9. The number of benzene rings is 2. The minimum Gasteiger partial charge on any atom is -0.490 e. The van der Waals surface area contributed by atoms with Crippen LogP contribution in [0.1, 0.15) is 18.1 Å². The van der Waals surface area contributed by atoms with Gasteiger partial charge in [0.2, 0.25) is 5.91 Å². The van der Waals surface area contributed by atoms with E-state index in [1.54, 1.807) is 29.2 Å². The average molecular weight is 540 g/mol. The van der Waals surface area contributed by atoms with Crippen LogP contribution < -0.4 is 14.8 Å². The molecule has 4 amide bonds. The van der Waals surface area contributed by atoms with Crippen LogP contribution in [0.2, 0.25) is 0 Å². The van der Waals surface area contributed by atoms with Gasteiger partial charge >= 0.3 is 0 Å². The van der Waals surface area contributed by atoms with Crippen molar-refractivity contribution in [1.29, 1.82) is 0 Å². The molecule has 0 radical (unpaired) electrons. The van der Waals surface area contributed by atoms with Crippen molar-refractivity contribution in [3.05, 3.63) is 58.5 Å². The number of aryl methyl sites for hydroxylation is 1. The zero-order chi connectivity index (χ0) is 27.1. The molecule has 1 N–H and O–H groups in total. The lowest BCUT2D eigenvalue weighted by atomic mass is 10.2. The molecule has 38 heavy (non-hydrogen) atoms. The maximum absolute atomic E-state index is 12.9. The van der Waals surface area contributed by atoms with Gasteiger partial charge in [0.1, 0.15) is 6.54 Å². The van der Waals surface area contributed by atoms with Gasteiger partial charge in [-0.25, -0.2) is 0 Å². The van der Waals surface area contributed by atoms with Gasteiger partial charge in [0.05, 0.1) is 24.7 Å². The summed E-state index contributed by atoms with van der Waals surface area (Å²) in [4.78, 5) is 53.0. The number of amides is 4. The first kappa shape index (κ1) is 27.2. The SMILES string of the molecule is CCOc1cc(C=C2SC(=O)N(CC(=O)N3CCOCC3)C2=O)ccc1OCC(=O)Nc1ccccc1C. The van der Waals surface area contributed by atoms with E-state index in [9.17, 15) is 19.2 Å². The van der Waals surface area contributed by atoms with Gasteiger partial charge in [-0.05, 0) is 61.0 Å². The number of hydrogen-bond donors (Lipinski definition) is 1. The van der Waals surface area contributed by atoms with E-state index < -0.39 is 11.1 Å². The highest BCUT2D eigenvalue weighted by molar-refractivity contribution is 8.18. The summed E-state index contributed by atoms with van der Waals surface area (Å²) in [6.45, 7) is 5.31. The third kappa shape index (κ3) is 6.73. The molecule has 2 aromatic rings. The number of carbonyl (C=O) groups excluding carboxylic acids is 4. The predicted molar refractivity (Wildman–Crippen MR) is 143 cm³/mol. The van der Waals surface area contributed by atoms with E-state index in [4.69, 9.17) is 14.2 Å². The van der Waals surface area contributed by atoms with Crippen LogP contribution in [0, 0.1) is 6.92 Å². The fourth-order valence-corrected chi connectivity index (χ4v) is 4.72. The molecule has 0 aromatic heterocycles. The van der Waals surface area contributed by atoms with E-state index in [1.165, 1.54) is 0 Å². The van der Waals surface area contributed by atoms with Crippen molar-refractivity contribution < 1.29 is 33.4 Å². The first-order chi connectivity index (χ1) is 18.4. The summed E-state index contributed by atoms with van der Waals surface area (Å²) in [5, 5.41) is 2.32. The van der Waals surface area contributed by atoms with Crippen molar-refractivity contribution in [2.75, 3.05) is 51.4 Å². The quantitative estimate of drug-likeness (QED) is 0.483. The molecule has 2 saturated heterocycles. The molecule has 2 aliphatic rings. The van der Waals surface area contributed by atoms with Crippen molar-refractivity contribution >= 4 is 46.5 Å². The Hall–Kier alpha value is -3.83. The molecule has 0 aliphatic carbocycles. The molecule has 11 heteroatoms. The number of nitrogens with zero attached hydrogens (tertiary/aromatic N) is 2. The minimum atomic E-state index is -0.521. The molecule has 0 unspecified atom stereocenters. The molecule has 2 aliphatic heterocycles. The molecular formula is C27H29N3O7S. The lowest BCUT2D eigenvalue weighted by molar-refractivity contribution is -0.139. The van der Waals surface area contributed by atoms with Crippen molar-refractivity contribution in [3.63, 3.8) is 0 Å². The molecule has 200 valence electrons. The number of ether oxygens (including phenoxy) is 3. The second-order valence-corrected chi connectivity index (χ2v) is 9.55. The van der Waals surface area contributed by atoms with E-state index in [-0.39, 0.29) is 29.9 Å². The molecular weight excluding hydrogens is 510 g/mol. The van der Waals surface area contributed by atoms with Gasteiger partial charge in [-0.1, -0.05) is 24.3 Å². The lowest BCUT2D eigenvalue weighted by Gasteiger charge is -2.28. The van der Waals surface area contributed by atoms with Crippen LogP contribution in [0.15, 0.2) is 47.4 Å². The van der Waals surface area contributed by atoms with Gasteiger partial charge in [-0.15, -0.1) is 0 Å². The number of anilines is 1. The van der Waals surface area contributed by atoms with Gasteiger partial charge in [0, 0.05) is 18.8 Å². The highest BCUT2D eigenvalue weighted by atomic mass is 32.2. The van der Waals surface area contributed by atoms with Crippen LogP contribution in [0.25, 0.3) is 6.08 Å². The Balaban J connectivity index is 1.41. The van der Waals surface area contributed by atoms with E-state index in [1.807, 2.05) is 38.1 Å². The summed E-state index contributed by atoms with van der Waals surface area (Å²) in [6, 6.07) is 12.5. The highest BCUT2D eigenvalue weighted by Crippen LogP contribution is 2.34. The summed E-state index contributed by atoms with van der Waals surface area (Å²) >= 11 is 0.783. The summed E-state index contributed by atoms with van der Waals surface area (Å²) in [5.41, 5.74) is 2.26. The van der Waals surface area contributed by atoms with E-state index in [0.717, 1.165) is 22.2 Å². The van der Waals surface area contributed by atoms with Crippen molar-refractivity contribution in [1.82, 2.24) is 9.80 Å². The van der Waals surface area contributed by atoms with Crippen molar-refractivity contribution in [2.24, 2.45) is 0 Å². The number of nitrogens with one attached hydrogen (secondary N) is 1. The van der Waals surface area contributed by atoms with Crippen LogP contribution in [0.3, 0.4) is 0 Å². The Kier molecular flexibility index (Phi) is 9.03. The summed E-state index contributed by atoms with van der Waals surface area (Å²) in [6.07, 6.45) is 1.57. The molecule has 0 bridgehead atoms. The Morgan fingerprint density at radius 2 is 1.84 bits per heavy atom. The number of rotatable bonds is 9. The first-order valence-corrected chi connectivity index (χ1v) is 13.0. The van der Waals surface area contributed by atoms with E-state index >= 15 is 0 Å². The zero-order valence-corrected chi connectivity index (χ0v) is 22.0. The van der Waals surface area contributed by atoms with Gasteiger partial charge in [0.25, 0.3) is 17.1 Å². The number of carbonyl (C=O) groups is 4. The second-order valence-electron chi connectivity index (χ2n) is 8.55. The Morgan fingerprint density at radius 1 is 1.08 bits per heavy atom. The molecule has 10 nitrogen and oxygen atoms in total. The van der Waals surface area contributed by atoms with Crippen molar-refractivity contribution in [3.8, 4) is 11.5 Å². The number of imide groups is 1. The van der Waals surface area contributed by atoms with Gasteiger partial charge in [-0.3, -0.25) is 24.1 Å². The van der Waals surface area contributed by atoms with Crippen LogP contribution in [0.5, 0.6) is 11.5 Å². The number of thioether (sulfide) groups is 1. The molecule has 2 fully saturated rings. The first-order valence-electron chi connectivity index (χ1n) is 12.2. The Bertz CT molecular complexity index is 1260. The topological polar surface area (TPSA) is 114 Å². The fraction of sp³-hybridized carbons (Fsp3) is 0.333. The van der Waals surface area contributed by atoms with Gasteiger partial charge in [-0.2, -0.15) is 0 Å². The maximum Gasteiger partial charge on any atom is 0.294 e. The standard InChI is InChI=1S/C27H29N3O7S/c1-3-36-22-14-19(8-9-21(22)37-17-24(31)28-20-7-5-4-6-18(20)2)15-23-26(33)30(27(34)38-23)16-25(32)29-10-12-35-13-11-29/h4-9,14-15H,3,10-13,16-17H2,1-2H3,(H,28,31). The zero-order valence-electron chi connectivity index (χ0n) is 21.2. The molecule has 0 spiro atoms. The Morgan fingerprint density at radius 3 is 2.58 bits per heavy atom. The predicted octanol–water partition coefficient (Wildman–Crippen LogP) is 3.31. The summed E-state index contributed by atoms with van der Waals surface area (Å²) in [5.74, 6) is -0.359. The minimum absolute atomic E-state index is 0.207. The smallest absolute Gasteiger partial charge is 0.294 e. The summed E-state index contributed by atoms with van der Waals surface area (Å²) in [7, 11) is 0. The van der Waals surface area contributed by atoms with Gasteiger partial charge in [0.15, 0.2) is 18.1 Å². The lowest BCUT2D eigenvalue weighted by Crippen LogP contribution is -2.46. The van der Waals surface area contributed by atoms with E-state index in [2.05, 4.69) is 5.32 Å². The number of para-hydroxylation sites is 1. The molecule has 0 saturated carbocycles. The van der Waals surface area contributed by atoms with Crippen molar-refractivity contribution in [2.45, 2.75) is 13.8 Å². The molecule has 4 rings (SSSR count). The average Bonchev–Trinajstić information content (AvgIpc) is 3.17.